The highest BCUT2D eigenvalue weighted by atomic mass is 35.5. The van der Waals surface area contributed by atoms with Crippen molar-refractivity contribution in [3.8, 4) is 0 Å². The molecule has 110 valence electrons. The highest BCUT2D eigenvalue weighted by molar-refractivity contribution is 5.85. The lowest BCUT2D eigenvalue weighted by molar-refractivity contribution is 0.132. The van der Waals surface area contributed by atoms with Crippen LogP contribution in [0.3, 0.4) is 0 Å². The van der Waals surface area contributed by atoms with Gasteiger partial charge in [0.05, 0.1) is 0 Å². The molecule has 0 saturated carbocycles. The monoisotopic (exact) mass is 286 g/mol. The number of aliphatic hydroxyl groups excluding tert-OH is 1. The van der Waals surface area contributed by atoms with Gasteiger partial charge in [0.15, 0.2) is 0 Å². The highest BCUT2D eigenvalue weighted by Gasteiger charge is 2.26. The van der Waals surface area contributed by atoms with Crippen LogP contribution in [0.1, 0.15) is 39.3 Å². The second kappa shape index (κ2) is 7.73. The minimum absolute atomic E-state index is 0. The van der Waals surface area contributed by atoms with Gasteiger partial charge in [-0.25, -0.2) is 0 Å². The molecule has 1 rings (SSSR count). The summed E-state index contributed by atoms with van der Waals surface area (Å²) in [5.74, 6) is 0. The number of hydrogen-bond acceptors (Lipinski definition) is 3. The summed E-state index contributed by atoms with van der Waals surface area (Å²) in [5, 5.41) is 9.36. The Labute approximate surface area is 123 Å². The first-order valence-corrected chi connectivity index (χ1v) is 6.67. The molecule has 0 aliphatic rings. The molecule has 3 nitrogen and oxygen atoms in total. The molecule has 0 amide bonds. The van der Waals surface area contributed by atoms with Crippen LogP contribution >= 0.6 is 12.4 Å². The number of aliphatic hydroxyl groups is 1. The largest absolute Gasteiger partial charge is 0.396 e. The number of anilines is 1. The fraction of sp³-hybridized carbons (Fsp3) is 0.600. The fourth-order valence-electron chi connectivity index (χ4n) is 2.03. The van der Waals surface area contributed by atoms with Gasteiger partial charge in [0.2, 0.25) is 0 Å². The standard InChI is InChI=1S/C15H26N2O.ClH/c1-5-17(6-2)13-9-7-12(8-10-13)14(16)15(3,4)11-18;/h7-10,14,18H,5-6,11,16H2,1-4H3;1H/t14-;/m0./s1. The first kappa shape index (κ1) is 18.2. The number of nitrogens with two attached hydrogens (primary N) is 1. The molecule has 1 aromatic carbocycles. The molecule has 0 aromatic heterocycles. The molecule has 0 aliphatic heterocycles. The lowest BCUT2D eigenvalue weighted by Gasteiger charge is -2.30. The van der Waals surface area contributed by atoms with Gasteiger partial charge in [0, 0.05) is 36.8 Å². The Morgan fingerprint density at radius 2 is 1.63 bits per heavy atom. The van der Waals surface area contributed by atoms with E-state index in [0.717, 1.165) is 18.7 Å². The third-order valence-corrected chi connectivity index (χ3v) is 3.63. The van der Waals surface area contributed by atoms with E-state index in [1.165, 1.54) is 5.69 Å². The lowest BCUT2D eigenvalue weighted by Crippen LogP contribution is -2.32. The maximum atomic E-state index is 9.36. The molecule has 1 atom stereocenters. The first-order valence-electron chi connectivity index (χ1n) is 6.67. The molecule has 0 heterocycles. The lowest BCUT2D eigenvalue weighted by atomic mass is 9.82. The van der Waals surface area contributed by atoms with Crippen molar-refractivity contribution in [1.29, 1.82) is 0 Å². The van der Waals surface area contributed by atoms with Gasteiger partial charge in [0.1, 0.15) is 0 Å². The van der Waals surface area contributed by atoms with Crippen molar-refractivity contribution in [2.45, 2.75) is 33.7 Å². The van der Waals surface area contributed by atoms with Crippen molar-refractivity contribution >= 4 is 18.1 Å². The molecule has 0 fully saturated rings. The zero-order valence-electron chi connectivity index (χ0n) is 12.4. The van der Waals surface area contributed by atoms with Gasteiger partial charge in [-0.15, -0.1) is 12.4 Å². The van der Waals surface area contributed by atoms with Crippen molar-refractivity contribution in [1.82, 2.24) is 0 Å². The van der Waals surface area contributed by atoms with Crippen LogP contribution in [-0.4, -0.2) is 24.8 Å². The summed E-state index contributed by atoms with van der Waals surface area (Å²) in [7, 11) is 0. The van der Waals surface area contributed by atoms with Crippen LogP contribution in [-0.2, 0) is 0 Å². The third kappa shape index (κ3) is 4.37. The van der Waals surface area contributed by atoms with Crippen molar-refractivity contribution in [3.63, 3.8) is 0 Å². The van der Waals surface area contributed by atoms with Crippen LogP contribution in [0.5, 0.6) is 0 Å². The maximum absolute atomic E-state index is 9.36. The van der Waals surface area contributed by atoms with Gasteiger partial charge in [-0.3, -0.25) is 0 Å². The number of halogens is 1. The minimum atomic E-state index is -0.295. The Morgan fingerprint density at radius 3 is 2.00 bits per heavy atom. The van der Waals surface area contributed by atoms with Gasteiger partial charge in [-0.05, 0) is 31.5 Å². The topological polar surface area (TPSA) is 49.5 Å². The second-order valence-electron chi connectivity index (χ2n) is 5.39. The van der Waals surface area contributed by atoms with Crippen LogP contribution in [0.2, 0.25) is 0 Å². The van der Waals surface area contributed by atoms with Crippen molar-refractivity contribution < 1.29 is 5.11 Å². The van der Waals surface area contributed by atoms with E-state index in [0.29, 0.717) is 0 Å². The van der Waals surface area contributed by atoms with Gasteiger partial charge >= 0.3 is 0 Å². The SMILES string of the molecule is CCN(CC)c1ccc([C@H](N)C(C)(C)CO)cc1.Cl. The van der Waals surface area contributed by atoms with E-state index in [4.69, 9.17) is 5.73 Å². The van der Waals surface area contributed by atoms with Crippen molar-refractivity contribution in [3.05, 3.63) is 29.8 Å². The number of benzene rings is 1. The van der Waals surface area contributed by atoms with Crippen molar-refractivity contribution in [2.75, 3.05) is 24.6 Å². The summed E-state index contributed by atoms with van der Waals surface area (Å²) in [6.45, 7) is 10.4. The van der Waals surface area contributed by atoms with Crippen LogP contribution in [0.25, 0.3) is 0 Å². The highest BCUT2D eigenvalue weighted by Crippen LogP contribution is 2.31. The second-order valence-corrected chi connectivity index (χ2v) is 5.39. The zero-order chi connectivity index (χ0) is 13.8. The molecule has 19 heavy (non-hydrogen) atoms. The quantitative estimate of drug-likeness (QED) is 0.845. The minimum Gasteiger partial charge on any atom is -0.396 e. The molecule has 1 aromatic rings. The van der Waals surface area contributed by atoms with Gasteiger partial charge in [0.25, 0.3) is 0 Å². The predicted molar refractivity (Wildman–Crippen MR) is 85.0 cm³/mol. The molecule has 0 radical (unpaired) electrons. The van der Waals surface area contributed by atoms with E-state index in [2.05, 4.69) is 43.0 Å². The summed E-state index contributed by atoms with van der Waals surface area (Å²) in [6, 6.07) is 8.20. The Bertz CT molecular complexity index is 361. The van der Waals surface area contributed by atoms with Crippen LogP contribution < -0.4 is 10.6 Å². The van der Waals surface area contributed by atoms with E-state index < -0.39 is 0 Å². The molecule has 4 heteroatoms. The normalized spacial score (nSPS) is 12.7. The van der Waals surface area contributed by atoms with Gasteiger partial charge in [-0.2, -0.15) is 0 Å². The number of hydrogen-bond donors (Lipinski definition) is 2. The van der Waals surface area contributed by atoms with Crippen molar-refractivity contribution in [2.24, 2.45) is 11.1 Å². The summed E-state index contributed by atoms with van der Waals surface area (Å²) in [6.07, 6.45) is 0. The molecule has 0 bridgehead atoms. The smallest absolute Gasteiger partial charge is 0.0500 e. The molecule has 3 N–H and O–H groups in total. The summed E-state index contributed by atoms with van der Waals surface area (Å²) in [5.41, 5.74) is 8.20. The van der Waals surface area contributed by atoms with Gasteiger partial charge < -0.3 is 15.7 Å². The Balaban J connectivity index is 0.00000324. The van der Waals surface area contributed by atoms with Crippen LogP contribution in [0.4, 0.5) is 5.69 Å². The van der Waals surface area contributed by atoms with E-state index >= 15 is 0 Å². The zero-order valence-corrected chi connectivity index (χ0v) is 13.2. The molecule has 0 spiro atoms. The summed E-state index contributed by atoms with van der Waals surface area (Å²) in [4.78, 5) is 2.30. The Kier molecular flexibility index (Phi) is 7.42. The molecule has 0 aliphatic carbocycles. The van der Waals surface area contributed by atoms with Gasteiger partial charge in [-0.1, -0.05) is 26.0 Å². The summed E-state index contributed by atoms with van der Waals surface area (Å²) < 4.78 is 0. The number of rotatable bonds is 6. The first-order chi connectivity index (χ1) is 8.46. The molecular formula is C15H27ClN2O. The van der Waals surface area contributed by atoms with E-state index in [1.807, 2.05) is 13.8 Å². The number of nitrogens with zero attached hydrogens (tertiary/aromatic N) is 1. The fourth-order valence-corrected chi connectivity index (χ4v) is 2.03. The van der Waals surface area contributed by atoms with E-state index in [9.17, 15) is 5.11 Å². The average molecular weight is 287 g/mol. The molecule has 0 unspecified atom stereocenters. The Morgan fingerprint density at radius 1 is 1.16 bits per heavy atom. The Hall–Kier alpha value is -0.770. The predicted octanol–water partition coefficient (Wildman–Crippen LogP) is 2.97. The third-order valence-electron chi connectivity index (χ3n) is 3.63. The van der Waals surface area contributed by atoms with Crippen LogP contribution in [0.15, 0.2) is 24.3 Å². The maximum Gasteiger partial charge on any atom is 0.0500 e. The summed E-state index contributed by atoms with van der Waals surface area (Å²) >= 11 is 0. The van der Waals surface area contributed by atoms with E-state index in [-0.39, 0.29) is 30.5 Å². The average Bonchev–Trinajstić information content (AvgIpc) is 2.40. The molecular weight excluding hydrogens is 260 g/mol. The van der Waals surface area contributed by atoms with E-state index in [1.54, 1.807) is 0 Å². The molecule has 0 saturated heterocycles. The van der Waals surface area contributed by atoms with Crippen LogP contribution in [0, 0.1) is 5.41 Å².